The van der Waals surface area contributed by atoms with E-state index in [1.807, 2.05) is 30.3 Å². The average Bonchev–Trinajstić information content (AvgIpc) is 3.20. The Morgan fingerprint density at radius 2 is 1.88 bits per heavy atom. The molecular formula is C20H22N2O4. The molecule has 0 saturated heterocycles. The van der Waals surface area contributed by atoms with Gasteiger partial charge < -0.3 is 24.3 Å². The predicted molar refractivity (Wildman–Crippen MR) is 98.6 cm³/mol. The number of aromatic hydroxyl groups is 1. The Kier molecular flexibility index (Phi) is 5.76. The number of para-hydroxylation sites is 1. The molecule has 2 N–H and O–H groups in total. The zero-order valence-electron chi connectivity index (χ0n) is 14.9. The van der Waals surface area contributed by atoms with Gasteiger partial charge in [-0.15, -0.1) is 0 Å². The summed E-state index contributed by atoms with van der Waals surface area (Å²) in [4.78, 5) is 4.18. The number of nitrogens with one attached hydrogen (secondary N) is 1. The highest BCUT2D eigenvalue weighted by molar-refractivity contribution is 5.69. The van der Waals surface area contributed by atoms with E-state index in [0.717, 1.165) is 41.2 Å². The largest absolute Gasteiger partial charge is 0.508 e. The maximum absolute atomic E-state index is 9.81. The summed E-state index contributed by atoms with van der Waals surface area (Å²) in [5.74, 6) is 1.79. The highest BCUT2D eigenvalue weighted by Crippen LogP contribution is 2.35. The molecule has 0 unspecified atom stereocenters. The summed E-state index contributed by atoms with van der Waals surface area (Å²) >= 11 is 0. The second-order valence-corrected chi connectivity index (χ2v) is 5.79. The third-order valence-electron chi connectivity index (χ3n) is 4.19. The third-order valence-corrected chi connectivity index (χ3v) is 4.19. The smallest absolute Gasteiger partial charge is 0.181 e. The van der Waals surface area contributed by atoms with Gasteiger partial charge in [0.1, 0.15) is 29.2 Å². The molecule has 1 heterocycles. The molecule has 0 saturated carbocycles. The Morgan fingerprint density at radius 1 is 1.08 bits per heavy atom. The minimum Gasteiger partial charge on any atom is -0.508 e. The Bertz CT molecular complexity index is 847. The number of rotatable bonds is 8. The van der Waals surface area contributed by atoms with Gasteiger partial charge in [0.2, 0.25) is 0 Å². The molecule has 3 aromatic rings. The monoisotopic (exact) mass is 354 g/mol. The molecule has 0 atom stereocenters. The van der Waals surface area contributed by atoms with Crippen LogP contribution in [0, 0.1) is 0 Å². The van der Waals surface area contributed by atoms with Crippen molar-refractivity contribution in [3.8, 4) is 28.5 Å². The highest BCUT2D eigenvalue weighted by Gasteiger charge is 2.14. The van der Waals surface area contributed by atoms with Gasteiger partial charge in [0, 0.05) is 17.7 Å². The number of hydrogen-bond donors (Lipinski definition) is 2. The van der Waals surface area contributed by atoms with Crippen LogP contribution in [0.15, 0.2) is 53.5 Å². The summed E-state index contributed by atoms with van der Waals surface area (Å²) in [5.41, 5.74) is 3.42. The predicted octanol–water partition coefficient (Wildman–Crippen LogP) is 3.40. The molecule has 6 nitrogen and oxygen atoms in total. The topological polar surface area (TPSA) is 76.8 Å². The van der Waals surface area contributed by atoms with Crippen LogP contribution in [0.4, 0.5) is 0 Å². The lowest BCUT2D eigenvalue weighted by Gasteiger charge is -2.14. The molecule has 0 spiro atoms. The zero-order valence-corrected chi connectivity index (χ0v) is 14.9. The van der Waals surface area contributed by atoms with Crippen LogP contribution in [0.3, 0.4) is 0 Å². The van der Waals surface area contributed by atoms with E-state index in [1.165, 1.54) is 6.39 Å². The molecule has 136 valence electrons. The Labute approximate surface area is 152 Å². The molecule has 26 heavy (non-hydrogen) atoms. The van der Waals surface area contributed by atoms with Crippen LogP contribution >= 0.6 is 0 Å². The van der Waals surface area contributed by atoms with Crippen LogP contribution in [-0.4, -0.2) is 30.9 Å². The Balaban J connectivity index is 1.70. The summed E-state index contributed by atoms with van der Waals surface area (Å²) in [6, 6.07) is 11.2. The Morgan fingerprint density at radius 3 is 2.58 bits per heavy atom. The van der Waals surface area contributed by atoms with Crippen molar-refractivity contribution in [2.24, 2.45) is 0 Å². The minimum atomic E-state index is 0.302. The summed E-state index contributed by atoms with van der Waals surface area (Å²) in [5, 5.41) is 13.1. The van der Waals surface area contributed by atoms with E-state index in [0.29, 0.717) is 18.0 Å². The van der Waals surface area contributed by atoms with Gasteiger partial charge in [-0.3, -0.25) is 0 Å². The van der Waals surface area contributed by atoms with Crippen LogP contribution in [0.25, 0.3) is 11.3 Å². The number of methoxy groups -OCH3 is 2. The van der Waals surface area contributed by atoms with Crippen LogP contribution in [-0.2, 0) is 13.0 Å². The van der Waals surface area contributed by atoms with E-state index in [1.54, 1.807) is 26.5 Å². The summed E-state index contributed by atoms with van der Waals surface area (Å²) < 4.78 is 16.1. The van der Waals surface area contributed by atoms with Crippen LogP contribution < -0.4 is 14.8 Å². The van der Waals surface area contributed by atoms with Gasteiger partial charge in [-0.25, -0.2) is 4.98 Å². The molecule has 0 aliphatic carbocycles. The maximum Gasteiger partial charge on any atom is 0.181 e. The number of phenols is 1. The maximum atomic E-state index is 9.81. The molecule has 0 fully saturated rings. The second-order valence-electron chi connectivity index (χ2n) is 5.79. The molecular weight excluding hydrogens is 332 g/mol. The first-order valence-corrected chi connectivity index (χ1v) is 8.34. The highest BCUT2D eigenvalue weighted by atomic mass is 16.5. The molecule has 3 rings (SSSR count). The van der Waals surface area contributed by atoms with Gasteiger partial charge in [-0.1, -0.05) is 18.2 Å². The number of benzene rings is 2. The third kappa shape index (κ3) is 3.97. The first-order chi connectivity index (χ1) is 12.7. The summed E-state index contributed by atoms with van der Waals surface area (Å²) in [6.07, 6.45) is 3.72. The van der Waals surface area contributed by atoms with E-state index in [4.69, 9.17) is 13.9 Å². The van der Waals surface area contributed by atoms with Crippen molar-refractivity contribution in [2.45, 2.75) is 13.0 Å². The number of phenolic OH excluding ortho intramolecular Hbond substituents is 1. The number of nitrogens with zero attached hydrogens (tertiary/aromatic N) is 1. The fourth-order valence-electron chi connectivity index (χ4n) is 2.81. The molecule has 2 aromatic carbocycles. The molecule has 0 radical (unpaired) electrons. The lowest BCUT2D eigenvalue weighted by Crippen LogP contribution is -2.17. The number of oxazole rings is 1. The van der Waals surface area contributed by atoms with Gasteiger partial charge >= 0.3 is 0 Å². The van der Waals surface area contributed by atoms with Gasteiger partial charge in [-0.2, -0.15) is 0 Å². The lowest BCUT2D eigenvalue weighted by atomic mass is 10.0. The number of aromatic nitrogens is 1. The van der Waals surface area contributed by atoms with Crippen molar-refractivity contribution in [3.05, 3.63) is 60.2 Å². The van der Waals surface area contributed by atoms with Crippen molar-refractivity contribution in [2.75, 3.05) is 20.8 Å². The number of ether oxygens (including phenoxy) is 2. The van der Waals surface area contributed by atoms with E-state index >= 15 is 0 Å². The van der Waals surface area contributed by atoms with Gasteiger partial charge in [-0.05, 0) is 36.7 Å². The normalized spacial score (nSPS) is 10.7. The van der Waals surface area contributed by atoms with E-state index < -0.39 is 0 Å². The van der Waals surface area contributed by atoms with Crippen molar-refractivity contribution in [1.29, 1.82) is 0 Å². The minimum absolute atomic E-state index is 0.302. The van der Waals surface area contributed by atoms with E-state index in [9.17, 15) is 5.11 Å². The fraction of sp³-hybridized carbons (Fsp3) is 0.250. The van der Waals surface area contributed by atoms with Crippen molar-refractivity contribution in [1.82, 2.24) is 10.3 Å². The van der Waals surface area contributed by atoms with Crippen LogP contribution in [0.2, 0.25) is 0 Å². The molecule has 1 aromatic heterocycles. The lowest BCUT2D eigenvalue weighted by molar-refractivity contribution is 0.399. The van der Waals surface area contributed by atoms with Gasteiger partial charge in [0.25, 0.3) is 0 Å². The fourth-order valence-corrected chi connectivity index (χ4v) is 2.81. The van der Waals surface area contributed by atoms with E-state index in [-0.39, 0.29) is 0 Å². The molecule has 0 amide bonds. The molecule has 6 heteroatoms. The average molecular weight is 354 g/mol. The summed E-state index contributed by atoms with van der Waals surface area (Å²) in [6.45, 7) is 1.33. The second kappa shape index (κ2) is 8.40. The molecule has 0 aliphatic heterocycles. The Hall–Kier alpha value is -2.99. The zero-order chi connectivity index (χ0) is 18.4. The van der Waals surface area contributed by atoms with Crippen molar-refractivity contribution < 1.29 is 19.0 Å². The quantitative estimate of drug-likeness (QED) is 0.604. The van der Waals surface area contributed by atoms with Gasteiger partial charge in [0.15, 0.2) is 6.39 Å². The van der Waals surface area contributed by atoms with Crippen LogP contribution in [0.5, 0.6) is 17.2 Å². The van der Waals surface area contributed by atoms with Gasteiger partial charge in [0.05, 0.1) is 14.2 Å². The first-order valence-electron chi connectivity index (χ1n) is 8.34. The standard InChI is InChI=1S/C20H22N2O4/c1-24-19-10-16(17-12-26-13-22-17)20(25-2)9-14(19)7-8-21-11-15-5-3-4-6-18(15)23/h3-6,9-10,12-13,21,23H,7-8,11H2,1-2H3. The van der Waals surface area contributed by atoms with Crippen molar-refractivity contribution in [3.63, 3.8) is 0 Å². The molecule has 0 aliphatic rings. The summed E-state index contributed by atoms with van der Waals surface area (Å²) in [7, 11) is 3.28. The van der Waals surface area contributed by atoms with Crippen molar-refractivity contribution >= 4 is 0 Å². The van der Waals surface area contributed by atoms with E-state index in [2.05, 4.69) is 10.3 Å². The number of hydrogen-bond acceptors (Lipinski definition) is 6. The molecule has 0 bridgehead atoms. The first kappa shape index (κ1) is 17.8. The van der Waals surface area contributed by atoms with Crippen LogP contribution in [0.1, 0.15) is 11.1 Å². The SMILES string of the molecule is COc1cc(-c2cocn2)c(OC)cc1CCNCc1ccccc1O.